The number of hydrogen-bond acceptors (Lipinski definition) is 3. The standard InChI is InChI=1S/C14H17NO4/c16-12(13-7-4-8-19-13)10-15(14(17)18)9-11-5-2-1-3-6-11/h1-7,12-13,16H,8-10H2,(H,17,18)/t12-,13+/m0/s1. The summed E-state index contributed by atoms with van der Waals surface area (Å²) in [7, 11) is 0. The van der Waals surface area contributed by atoms with Crippen molar-refractivity contribution >= 4 is 6.09 Å². The number of aliphatic hydroxyl groups is 1. The smallest absolute Gasteiger partial charge is 0.407 e. The third-order valence-corrected chi connectivity index (χ3v) is 2.98. The van der Waals surface area contributed by atoms with Gasteiger partial charge in [-0.25, -0.2) is 4.79 Å². The molecule has 1 aromatic rings. The Kier molecular flexibility index (Phi) is 4.54. The molecule has 0 bridgehead atoms. The second-order valence-corrected chi connectivity index (χ2v) is 4.44. The van der Waals surface area contributed by atoms with Crippen LogP contribution in [0.25, 0.3) is 0 Å². The fourth-order valence-electron chi connectivity index (χ4n) is 2.00. The first-order valence-corrected chi connectivity index (χ1v) is 6.15. The van der Waals surface area contributed by atoms with Crippen LogP contribution < -0.4 is 0 Å². The molecule has 1 aromatic carbocycles. The van der Waals surface area contributed by atoms with E-state index in [1.54, 1.807) is 6.08 Å². The van der Waals surface area contributed by atoms with Crippen molar-refractivity contribution in [2.45, 2.75) is 18.8 Å². The van der Waals surface area contributed by atoms with Gasteiger partial charge in [-0.2, -0.15) is 0 Å². The lowest BCUT2D eigenvalue weighted by atomic mass is 10.1. The molecule has 19 heavy (non-hydrogen) atoms. The van der Waals surface area contributed by atoms with Crippen molar-refractivity contribution in [3.63, 3.8) is 0 Å². The summed E-state index contributed by atoms with van der Waals surface area (Å²) >= 11 is 0. The normalized spacial score (nSPS) is 19.3. The Morgan fingerprint density at radius 3 is 2.74 bits per heavy atom. The van der Waals surface area contributed by atoms with Crippen molar-refractivity contribution in [1.29, 1.82) is 0 Å². The molecule has 0 aliphatic carbocycles. The Labute approximate surface area is 111 Å². The van der Waals surface area contributed by atoms with Crippen LogP contribution in [0.4, 0.5) is 4.79 Å². The summed E-state index contributed by atoms with van der Waals surface area (Å²) in [6.45, 7) is 0.746. The first-order chi connectivity index (χ1) is 9.16. The van der Waals surface area contributed by atoms with Gasteiger partial charge >= 0.3 is 6.09 Å². The van der Waals surface area contributed by atoms with Gasteiger partial charge in [0.2, 0.25) is 0 Å². The number of nitrogens with zero attached hydrogens (tertiary/aromatic N) is 1. The SMILES string of the molecule is O=C(O)N(Cc1ccccc1)C[C@H](O)[C@H]1C=CCO1. The fourth-order valence-corrected chi connectivity index (χ4v) is 2.00. The van der Waals surface area contributed by atoms with E-state index in [-0.39, 0.29) is 13.1 Å². The zero-order chi connectivity index (χ0) is 13.7. The van der Waals surface area contributed by atoms with Gasteiger partial charge in [0.25, 0.3) is 0 Å². The highest BCUT2D eigenvalue weighted by Gasteiger charge is 2.24. The van der Waals surface area contributed by atoms with E-state index < -0.39 is 18.3 Å². The Balaban J connectivity index is 1.96. The van der Waals surface area contributed by atoms with Gasteiger partial charge in [0.15, 0.2) is 0 Å². The molecule has 0 unspecified atom stereocenters. The lowest BCUT2D eigenvalue weighted by Crippen LogP contribution is -2.41. The third kappa shape index (κ3) is 3.81. The maximum absolute atomic E-state index is 11.2. The maximum Gasteiger partial charge on any atom is 0.407 e. The highest BCUT2D eigenvalue weighted by molar-refractivity contribution is 5.65. The topological polar surface area (TPSA) is 70.0 Å². The summed E-state index contributed by atoms with van der Waals surface area (Å²) in [5, 5.41) is 19.1. The van der Waals surface area contributed by atoms with E-state index in [0.717, 1.165) is 5.56 Å². The van der Waals surface area contributed by atoms with Gasteiger partial charge < -0.3 is 19.8 Å². The first-order valence-electron chi connectivity index (χ1n) is 6.15. The van der Waals surface area contributed by atoms with Gasteiger partial charge in [0.1, 0.15) is 12.2 Å². The van der Waals surface area contributed by atoms with Gasteiger partial charge in [-0.05, 0) is 5.56 Å². The number of hydrogen-bond donors (Lipinski definition) is 2. The maximum atomic E-state index is 11.2. The third-order valence-electron chi connectivity index (χ3n) is 2.98. The number of carboxylic acid groups (broad SMARTS) is 1. The van der Waals surface area contributed by atoms with Gasteiger partial charge in [0.05, 0.1) is 13.2 Å². The minimum atomic E-state index is -1.05. The Morgan fingerprint density at radius 1 is 1.42 bits per heavy atom. The molecule has 0 fully saturated rings. The van der Waals surface area contributed by atoms with Crippen molar-refractivity contribution < 1.29 is 19.7 Å². The summed E-state index contributed by atoms with van der Waals surface area (Å²) in [5.41, 5.74) is 0.889. The molecule has 1 amide bonds. The van der Waals surface area contributed by atoms with Crippen LogP contribution in [0.5, 0.6) is 0 Å². The summed E-state index contributed by atoms with van der Waals surface area (Å²) in [4.78, 5) is 12.4. The second kappa shape index (κ2) is 6.36. The molecule has 1 aliphatic rings. The van der Waals surface area contributed by atoms with E-state index in [1.807, 2.05) is 36.4 Å². The predicted molar refractivity (Wildman–Crippen MR) is 69.8 cm³/mol. The fraction of sp³-hybridized carbons (Fsp3) is 0.357. The summed E-state index contributed by atoms with van der Waals surface area (Å²) < 4.78 is 5.26. The van der Waals surface area contributed by atoms with E-state index in [9.17, 15) is 15.0 Å². The van der Waals surface area contributed by atoms with Crippen LogP contribution >= 0.6 is 0 Å². The van der Waals surface area contributed by atoms with Crippen LogP contribution in [0.3, 0.4) is 0 Å². The molecule has 2 atom stereocenters. The van der Waals surface area contributed by atoms with E-state index in [2.05, 4.69) is 0 Å². The molecule has 1 heterocycles. The number of aliphatic hydroxyl groups excluding tert-OH is 1. The van der Waals surface area contributed by atoms with Crippen LogP contribution in [0, 0.1) is 0 Å². The van der Waals surface area contributed by atoms with E-state index >= 15 is 0 Å². The molecule has 2 rings (SSSR count). The molecule has 5 nitrogen and oxygen atoms in total. The van der Waals surface area contributed by atoms with Crippen LogP contribution in [-0.2, 0) is 11.3 Å². The zero-order valence-corrected chi connectivity index (χ0v) is 10.5. The Hall–Kier alpha value is -1.85. The predicted octanol–water partition coefficient (Wildman–Crippen LogP) is 1.48. The van der Waals surface area contributed by atoms with E-state index in [0.29, 0.717) is 6.61 Å². The summed E-state index contributed by atoms with van der Waals surface area (Å²) in [6.07, 6.45) is 1.25. The molecule has 0 saturated carbocycles. The zero-order valence-electron chi connectivity index (χ0n) is 10.5. The van der Waals surface area contributed by atoms with E-state index in [4.69, 9.17) is 4.74 Å². The van der Waals surface area contributed by atoms with Crippen molar-refractivity contribution in [3.05, 3.63) is 48.0 Å². The van der Waals surface area contributed by atoms with Crippen LogP contribution in [0.15, 0.2) is 42.5 Å². The molecule has 0 aromatic heterocycles. The minimum absolute atomic E-state index is 0.0270. The molecule has 2 N–H and O–H groups in total. The van der Waals surface area contributed by atoms with Gasteiger partial charge in [-0.1, -0.05) is 42.5 Å². The van der Waals surface area contributed by atoms with Gasteiger partial charge in [0, 0.05) is 6.54 Å². The minimum Gasteiger partial charge on any atom is -0.465 e. The van der Waals surface area contributed by atoms with Crippen molar-refractivity contribution in [1.82, 2.24) is 4.90 Å². The van der Waals surface area contributed by atoms with Gasteiger partial charge in [-0.15, -0.1) is 0 Å². The molecule has 0 radical (unpaired) electrons. The second-order valence-electron chi connectivity index (χ2n) is 4.44. The highest BCUT2D eigenvalue weighted by atomic mass is 16.5. The number of ether oxygens (including phenoxy) is 1. The highest BCUT2D eigenvalue weighted by Crippen LogP contribution is 2.12. The van der Waals surface area contributed by atoms with Crippen LogP contribution in [-0.4, -0.2) is 46.6 Å². The molecule has 0 spiro atoms. The molecular formula is C14H17NO4. The summed E-state index contributed by atoms with van der Waals surface area (Å²) in [6, 6.07) is 9.30. The monoisotopic (exact) mass is 263 g/mol. The lowest BCUT2D eigenvalue weighted by Gasteiger charge is -2.25. The molecular weight excluding hydrogens is 246 g/mol. The largest absolute Gasteiger partial charge is 0.465 e. The quantitative estimate of drug-likeness (QED) is 0.789. The number of rotatable bonds is 5. The van der Waals surface area contributed by atoms with Crippen LogP contribution in [0.2, 0.25) is 0 Å². The number of carbonyl (C=O) groups is 1. The Bertz CT molecular complexity index is 446. The Morgan fingerprint density at radius 2 is 2.16 bits per heavy atom. The van der Waals surface area contributed by atoms with Crippen molar-refractivity contribution in [2.75, 3.05) is 13.2 Å². The average molecular weight is 263 g/mol. The average Bonchev–Trinajstić information content (AvgIpc) is 2.93. The van der Waals surface area contributed by atoms with Gasteiger partial charge in [-0.3, -0.25) is 0 Å². The molecule has 0 saturated heterocycles. The van der Waals surface area contributed by atoms with E-state index in [1.165, 1.54) is 4.90 Å². The number of benzene rings is 1. The van der Waals surface area contributed by atoms with Crippen molar-refractivity contribution in [3.8, 4) is 0 Å². The summed E-state index contributed by atoms with van der Waals surface area (Å²) in [5.74, 6) is 0. The first kappa shape index (κ1) is 13.6. The molecule has 5 heteroatoms. The molecule has 1 aliphatic heterocycles. The van der Waals surface area contributed by atoms with Crippen molar-refractivity contribution in [2.24, 2.45) is 0 Å². The number of amides is 1. The van der Waals surface area contributed by atoms with Crippen LogP contribution in [0.1, 0.15) is 5.56 Å². The molecule has 102 valence electrons. The lowest BCUT2D eigenvalue weighted by molar-refractivity contribution is -0.00413.